The van der Waals surface area contributed by atoms with Gasteiger partial charge in [-0.15, -0.1) is 0 Å². The third kappa shape index (κ3) is 5.53. The van der Waals surface area contributed by atoms with Crippen molar-refractivity contribution >= 4 is 23.3 Å². The van der Waals surface area contributed by atoms with Crippen LogP contribution in [-0.2, 0) is 19.1 Å². The molecule has 0 saturated carbocycles. The molecule has 0 bridgehead atoms. The highest BCUT2D eigenvalue weighted by Crippen LogP contribution is 2.30. The van der Waals surface area contributed by atoms with E-state index < -0.39 is 16.9 Å². The number of hydrogen-bond donors (Lipinski definition) is 1. The quantitative estimate of drug-likeness (QED) is 0.336. The third-order valence-electron chi connectivity index (χ3n) is 3.12. The second-order valence-corrected chi connectivity index (χ2v) is 4.96. The molecule has 1 N–H and O–H groups in total. The van der Waals surface area contributed by atoms with Crippen LogP contribution < -0.4 is 10.1 Å². The Morgan fingerprint density at radius 3 is 2.56 bits per heavy atom. The summed E-state index contributed by atoms with van der Waals surface area (Å²) >= 11 is 0. The van der Waals surface area contributed by atoms with Crippen molar-refractivity contribution in [3.63, 3.8) is 0 Å². The van der Waals surface area contributed by atoms with Crippen LogP contribution in [0.3, 0.4) is 0 Å². The second kappa shape index (κ2) is 8.94. The first-order valence-electron chi connectivity index (χ1n) is 7.45. The first-order valence-corrected chi connectivity index (χ1v) is 7.45. The molecule has 0 aliphatic rings. The number of methoxy groups -OCH3 is 2. The number of carbonyl (C=O) groups excluding carboxylic acids is 2. The van der Waals surface area contributed by atoms with Crippen LogP contribution in [0.1, 0.15) is 0 Å². The van der Waals surface area contributed by atoms with E-state index >= 15 is 0 Å². The van der Waals surface area contributed by atoms with Gasteiger partial charge in [0.05, 0.1) is 37.5 Å². The van der Waals surface area contributed by atoms with Crippen LogP contribution in [-0.4, -0.2) is 36.1 Å². The van der Waals surface area contributed by atoms with E-state index in [9.17, 15) is 19.7 Å². The molecule has 10 heteroatoms. The van der Waals surface area contributed by atoms with Crippen LogP contribution in [0.25, 0.3) is 0 Å². The van der Waals surface area contributed by atoms with Crippen molar-refractivity contribution in [1.82, 2.24) is 4.98 Å². The first kappa shape index (κ1) is 19.4. The number of ether oxygens (including phenoxy) is 3. The number of carbonyl (C=O) groups is 2. The number of benzene rings is 1. The minimum Gasteiger partial charge on any atom is -0.466 e. The SMILES string of the molecule is COC(=O)/C=C(/Nc1cc(Oc2cccnc2)cc([N+](=O)[O-])c1)C(=O)OC. The minimum absolute atomic E-state index is 0.127. The standard InChI is InChI=1S/C17H15N3O7/c1-25-16(21)9-15(17(22)26-2)19-11-6-12(20(23)24)8-14(7-11)27-13-4-3-5-18-10-13/h3-10,19H,1-2H3/b15-9+. The summed E-state index contributed by atoms with van der Waals surface area (Å²) in [7, 11) is 2.26. The van der Waals surface area contributed by atoms with E-state index in [-0.39, 0.29) is 22.8 Å². The molecule has 0 saturated heterocycles. The molecule has 10 nitrogen and oxygen atoms in total. The molecule has 0 unspecified atom stereocenters. The number of esters is 2. The Morgan fingerprint density at radius 1 is 1.19 bits per heavy atom. The van der Waals surface area contributed by atoms with Crippen molar-refractivity contribution in [2.75, 3.05) is 19.5 Å². The maximum Gasteiger partial charge on any atom is 0.354 e. The van der Waals surface area contributed by atoms with E-state index in [1.807, 2.05) is 0 Å². The van der Waals surface area contributed by atoms with Gasteiger partial charge in [-0.3, -0.25) is 15.1 Å². The fourth-order valence-electron chi connectivity index (χ4n) is 1.95. The molecule has 27 heavy (non-hydrogen) atoms. The highest BCUT2D eigenvalue weighted by molar-refractivity contribution is 5.98. The van der Waals surface area contributed by atoms with Gasteiger partial charge < -0.3 is 19.5 Å². The van der Waals surface area contributed by atoms with Gasteiger partial charge in [-0.2, -0.15) is 0 Å². The second-order valence-electron chi connectivity index (χ2n) is 4.96. The number of nitrogens with one attached hydrogen (secondary N) is 1. The molecule has 0 aliphatic heterocycles. The van der Waals surface area contributed by atoms with E-state index in [4.69, 9.17) is 4.74 Å². The van der Waals surface area contributed by atoms with Crippen molar-refractivity contribution in [3.8, 4) is 11.5 Å². The highest BCUT2D eigenvalue weighted by Gasteiger charge is 2.16. The zero-order chi connectivity index (χ0) is 19.8. The number of hydrogen-bond acceptors (Lipinski definition) is 9. The van der Waals surface area contributed by atoms with Gasteiger partial charge >= 0.3 is 11.9 Å². The molecule has 140 valence electrons. The molecular weight excluding hydrogens is 358 g/mol. The molecule has 1 aromatic carbocycles. The maximum absolute atomic E-state index is 11.8. The molecule has 2 rings (SSSR count). The van der Waals surface area contributed by atoms with Crippen LogP contribution in [0.15, 0.2) is 54.5 Å². The smallest absolute Gasteiger partial charge is 0.354 e. The van der Waals surface area contributed by atoms with Crippen molar-refractivity contribution in [2.45, 2.75) is 0 Å². The number of rotatable bonds is 7. The lowest BCUT2D eigenvalue weighted by Gasteiger charge is -2.11. The number of aromatic nitrogens is 1. The monoisotopic (exact) mass is 373 g/mol. The third-order valence-corrected chi connectivity index (χ3v) is 3.12. The van der Waals surface area contributed by atoms with E-state index in [0.29, 0.717) is 5.75 Å². The average Bonchev–Trinajstić information content (AvgIpc) is 2.67. The van der Waals surface area contributed by atoms with E-state index in [0.717, 1.165) is 20.3 Å². The summed E-state index contributed by atoms with van der Waals surface area (Å²) in [5.41, 5.74) is -0.429. The lowest BCUT2D eigenvalue weighted by molar-refractivity contribution is -0.384. The Hall–Kier alpha value is -3.95. The molecule has 0 amide bonds. The van der Waals surface area contributed by atoms with Crippen LogP contribution in [0.4, 0.5) is 11.4 Å². The largest absolute Gasteiger partial charge is 0.466 e. The molecule has 1 aromatic heterocycles. The number of pyridine rings is 1. The number of nitrogens with zero attached hydrogens (tertiary/aromatic N) is 2. The van der Waals surface area contributed by atoms with Gasteiger partial charge in [0.1, 0.15) is 17.2 Å². The zero-order valence-electron chi connectivity index (χ0n) is 14.4. The number of anilines is 1. The Bertz CT molecular complexity index is 881. The summed E-state index contributed by atoms with van der Waals surface area (Å²) in [5.74, 6) is -1.17. The summed E-state index contributed by atoms with van der Waals surface area (Å²) in [4.78, 5) is 37.7. The normalized spacial score (nSPS) is 10.7. The van der Waals surface area contributed by atoms with E-state index in [2.05, 4.69) is 19.8 Å². The lowest BCUT2D eigenvalue weighted by Crippen LogP contribution is -2.15. The van der Waals surface area contributed by atoms with Crippen LogP contribution in [0, 0.1) is 10.1 Å². The predicted molar refractivity (Wildman–Crippen MR) is 93.1 cm³/mol. The molecular formula is C17H15N3O7. The van der Waals surface area contributed by atoms with Gasteiger partial charge in [0.2, 0.25) is 0 Å². The van der Waals surface area contributed by atoms with Crippen LogP contribution in [0.2, 0.25) is 0 Å². The van der Waals surface area contributed by atoms with Crippen LogP contribution >= 0.6 is 0 Å². The summed E-state index contributed by atoms with van der Waals surface area (Å²) in [6, 6.07) is 7.05. The van der Waals surface area contributed by atoms with E-state index in [1.165, 1.54) is 24.4 Å². The number of non-ortho nitro benzene ring substituents is 1. The molecule has 2 aromatic rings. The lowest BCUT2D eigenvalue weighted by atomic mass is 10.2. The van der Waals surface area contributed by atoms with Crippen molar-refractivity contribution in [2.24, 2.45) is 0 Å². The molecule has 0 radical (unpaired) electrons. The Balaban J connectivity index is 2.39. The van der Waals surface area contributed by atoms with Gasteiger partial charge in [-0.05, 0) is 12.1 Å². The maximum atomic E-state index is 11.8. The summed E-state index contributed by atoms with van der Waals surface area (Å²) in [5, 5.41) is 13.8. The molecule has 1 heterocycles. The summed E-state index contributed by atoms with van der Waals surface area (Å²) in [6.07, 6.45) is 3.85. The average molecular weight is 373 g/mol. The Labute approximate surface area is 153 Å². The fourth-order valence-corrected chi connectivity index (χ4v) is 1.95. The molecule has 0 atom stereocenters. The summed E-state index contributed by atoms with van der Waals surface area (Å²) in [6.45, 7) is 0. The highest BCUT2D eigenvalue weighted by atomic mass is 16.6. The molecule has 0 aliphatic carbocycles. The van der Waals surface area contributed by atoms with Crippen LogP contribution in [0.5, 0.6) is 11.5 Å². The first-order chi connectivity index (χ1) is 12.9. The van der Waals surface area contributed by atoms with Gasteiger partial charge in [0.15, 0.2) is 0 Å². The fraction of sp³-hybridized carbons (Fsp3) is 0.118. The Kier molecular flexibility index (Phi) is 6.42. The van der Waals surface area contributed by atoms with E-state index in [1.54, 1.807) is 18.3 Å². The Morgan fingerprint density at radius 2 is 1.96 bits per heavy atom. The van der Waals surface area contributed by atoms with Crippen molar-refractivity contribution < 1.29 is 28.7 Å². The minimum atomic E-state index is -0.860. The zero-order valence-corrected chi connectivity index (χ0v) is 14.4. The number of nitro benzene ring substituents is 1. The van der Waals surface area contributed by atoms with Crippen molar-refractivity contribution in [1.29, 1.82) is 0 Å². The van der Waals surface area contributed by atoms with Gasteiger partial charge in [-0.1, -0.05) is 0 Å². The summed E-state index contributed by atoms with van der Waals surface area (Å²) < 4.78 is 14.6. The van der Waals surface area contributed by atoms with Gasteiger partial charge in [-0.25, -0.2) is 9.59 Å². The predicted octanol–water partition coefficient (Wildman–Crippen LogP) is 2.42. The molecule has 0 fully saturated rings. The number of nitro groups is 1. The topological polar surface area (TPSA) is 130 Å². The van der Waals surface area contributed by atoms with Crippen molar-refractivity contribution in [3.05, 3.63) is 64.6 Å². The molecule has 0 spiro atoms. The van der Waals surface area contributed by atoms with Gasteiger partial charge in [0.25, 0.3) is 5.69 Å². The van der Waals surface area contributed by atoms with Gasteiger partial charge in [0, 0.05) is 24.0 Å².